The average Bonchev–Trinajstić information content (AvgIpc) is 2.54. The van der Waals surface area contributed by atoms with E-state index in [9.17, 15) is 4.79 Å². The van der Waals surface area contributed by atoms with Crippen LogP contribution in [-0.2, 0) is 14.3 Å². The number of hydrogen-bond acceptors (Lipinski definition) is 4. The Morgan fingerprint density at radius 3 is 2.39 bits per heavy atom. The second-order valence-corrected chi connectivity index (χ2v) is 7.18. The molecular weight excluding hydrogens is 316 g/mol. The molecule has 1 N–H and O–H groups in total. The van der Waals surface area contributed by atoms with E-state index < -0.39 is 0 Å². The maximum atomic E-state index is 13.0. The first-order chi connectivity index (χ1) is 10.6. The smallest absolute Gasteiger partial charge is 0.231 e. The zero-order valence-corrected chi connectivity index (χ0v) is 15.6. The summed E-state index contributed by atoms with van der Waals surface area (Å²) in [6, 6.07) is 0. The molecule has 0 aromatic carbocycles. The first-order valence-electron chi connectivity index (χ1n) is 8.68. The van der Waals surface area contributed by atoms with E-state index in [1.165, 1.54) is 0 Å². The standard InChI is InChI=1S/C17H32N2O3.ClH/c1-14(2)12-22-15-4-10-19(11-5-15)16(20)17(13-21-3)6-8-18-9-7-17;/h14-15,18H,4-13H2,1-3H3;1H. The van der Waals surface area contributed by atoms with Gasteiger partial charge >= 0.3 is 0 Å². The molecule has 0 saturated carbocycles. The van der Waals surface area contributed by atoms with Crippen molar-refractivity contribution in [3.8, 4) is 0 Å². The molecule has 0 aliphatic carbocycles. The highest BCUT2D eigenvalue weighted by Gasteiger charge is 2.42. The SMILES string of the molecule is COCC1(C(=O)N2CCC(OCC(C)C)CC2)CCNCC1.Cl. The van der Waals surface area contributed by atoms with Gasteiger partial charge in [-0.1, -0.05) is 13.8 Å². The molecule has 2 heterocycles. The first-order valence-corrected chi connectivity index (χ1v) is 8.68. The summed E-state index contributed by atoms with van der Waals surface area (Å²) in [5.41, 5.74) is -0.314. The van der Waals surface area contributed by atoms with E-state index in [-0.39, 0.29) is 23.7 Å². The summed E-state index contributed by atoms with van der Waals surface area (Å²) >= 11 is 0. The number of piperidine rings is 2. The molecule has 2 aliphatic heterocycles. The molecule has 0 unspecified atom stereocenters. The van der Waals surface area contributed by atoms with Gasteiger partial charge in [0, 0.05) is 26.8 Å². The number of nitrogens with zero attached hydrogens (tertiary/aromatic N) is 1. The summed E-state index contributed by atoms with van der Waals surface area (Å²) in [6.45, 7) is 9.15. The summed E-state index contributed by atoms with van der Waals surface area (Å²) in [7, 11) is 1.70. The molecule has 2 aliphatic rings. The lowest BCUT2D eigenvalue weighted by Gasteiger charge is -2.42. The number of carbonyl (C=O) groups is 1. The van der Waals surface area contributed by atoms with Gasteiger partial charge in [0.25, 0.3) is 0 Å². The third-order valence-corrected chi connectivity index (χ3v) is 4.83. The number of likely N-dealkylation sites (tertiary alicyclic amines) is 1. The molecule has 0 spiro atoms. The monoisotopic (exact) mass is 348 g/mol. The highest BCUT2D eigenvalue weighted by atomic mass is 35.5. The predicted octanol–water partition coefficient (Wildman–Crippen LogP) is 2.09. The Labute approximate surface area is 146 Å². The van der Waals surface area contributed by atoms with Crippen LogP contribution in [0.15, 0.2) is 0 Å². The second-order valence-electron chi connectivity index (χ2n) is 7.18. The molecule has 0 aromatic rings. The Balaban J connectivity index is 0.00000264. The van der Waals surface area contributed by atoms with Gasteiger partial charge < -0.3 is 19.7 Å². The number of carbonyl (C=O) groups excluding carboxylic acids is 1. The van der Waals surface area contributed by atoms with Crippen molar-refractivity contribution in [1.29, 1.82) is 0 Å². The third kappa shape index (κ3) is 5.59. The fourth-order valence-corrected chi connectivity index (χ4v) is 3.49. The van der Waals surface area contributed by atoms with E-state index in [4.69, 9.17) is 9.47 Å². The van der Waals surface area contributed by atoms with Gasteiger partial charge in [0.05, 0.1) is 18.1 Å². The van der Waals surface area contributed by atoms with E-state index in [1.54, 1.807) is 7.11 Å². The summed E-state index contributed by atoms with van der Waals surface area (Å²) in [6.07, 6.45) is 3.99. The minimum Gasteiger partial charge on any atom is -0.384 e. The lowest BCUT2D eigenvalue weighted by atomic mass is 9.78. The van der Waals surface area contributed by atoms with Gasteiger partial charge in [-0.25, -0.2) is 0 Å². The van der Waals surface area contributed by atoms with Crippen molar-refractivity contribution in [1.82, 2.24) is 10.2 Å². The van der Waals surface area contributed by atoms with Crippen molar-refractivity contribution >= 4 is 18.3 Å². The van der Waals surface area contributed by atoms with Crippen LogP contribution in [-0.4, -0.2) is 63.4 Å². The van der Waals surface area contributed by atoms with Crippen LogP contribution in [0.4, 0.5) is 0 Å². The zero-order valence-electron chi connectivity index (χ0n) is 14.8. The molecule has 2 rings (SSSR count). The highest BCUT2D eigenvalue weighted by Crippen LogP contribution is 2.32. The normalized spacial score (nSPS) is 22.0. The van der Waals surface area contributed by atoms with Crippen LogP contribution in [0, 0.1) is 11.3 Å². The van der Waals surface area contributed by atoms with Crippen LogP contribution in [0.3, 0.4) is 0 Å². The molecule has 5 nitrogen and oxygen atoms in total. The quantitative estimate of drug-likeness (QED) is 0.798. The fraction of sp³-hybridized carbons (Fsp3) is 0.941. The fourth-order valence-electron chi connectivity index (χ4n) is 3.49. The molecule has 1 amide bonds. The Hall–Kier alpha value is -0.360. The Morgan fingerprint density at radius 1 is 1.26 bits per heavy atom. The maximum absolute atomic E-state index is 13.0. The third-order valence-electron chi connectivity index (χ3n) is 4.83. The van der Waals surface area contributed by atoms with Gasteiger partial charge in [-0.05, 0) is 44.7 Å². The van der Waals surface area contributed by atoms with Gasteiger partial charge in [0.1, 0.15) is 0 Å². The molecule has 0 bridgehead atoms. The summed E-state index contributed by atoms with van der Waals surface area (Å²) in [4.78, 5) is 15.1. The largest absolute Gasteiger partial charge is 0.384 e. The Bertz CT molecular complexity index is 346. The molecule has 2 fully saturated rings. The molecule has 0 aromatic heterocycles. The minimum absolute atomic E-state index is 0. The van der Waals surface area contributed by atoms with E-state index in [2.05, 4.69) is 19.2 Å². The van der Waals surface area contributed by atoms with Gasteiger partial charge in [-0.3, -0.25) is 4.79 Å². The number of nitrogens with one attached hydrogen (secondary N) is 1. The van der Waals surface area contributed by atoms with Gasteiger partial charge in [-0.2, -0.15) is 0 Å². The molecule has 2 saturated heterocycles. The summed E-state index contributed by atoms with van der Waals surface area (Å²) in [5, 5.41) is 3.34. The van der Waals surface area contributed by atoms with Crippen molar-refractivity contribution in [3.63, 3.8) is 0 Å². The topological polar surface area (TPSA) is 50.8 Å². The molecule has 23 heavy (non-hydrogen) atoms. The minimum atomic E-state index is -0.314. The van der Waals surface area contributed by atoms with E-state index in [0.717, 1.165) is 58.5 Å². The number of ether oxygens (including phenoxy) is 2. The molecule has 136 valence electrons. The summed E-state index contributed by atoms with van der Waals surface area (Å²) in [5.74, 6) is 0.859. The van der Waals surface area contributed by atoms with Gasteiger partial charge in [-0.15, -0.1) is 12.4 Å². The second kappa shape index (κ2) is 9.82. The first kappa shape index (κ1) is 20.7. The van der Waals surface area contributed by atoms with Crippen LogP contribution in [0.5, 0.6) is 0 Å². The van der Waals surface area contributed by atoms with Crippen LogP contribution >= 0.6 is 12.4 Å². The van der Waals surface area contributed by atoms with Crippen molar-refractivity contribution < 1.29 is 14.3 Å². The number of methoxy groups -OCH3 is 1. The van der Waals surface area contributed by atoms with Gasteiger partial charge in [0.15, 0.2) is 0 Å². The Morgan fingerprint density at radius 2 is 1.87 bits per heavy atom. The van der Waals surface area contributed by atoms with Gasteiger partial charge in [0.2, 0.25) is 5.91 Å². The van der Waals surface area contributed by atoms with Crippen LogP contribution in [0.25, 0.3) is 0 Å². The van der Waals surface area contributed by atoms with Crippen LogP contribution in [0.2, 0.25) is 0 Å². The lowest BCUT2D eigenvalue weighted by Crippen LogP contribution is -2.53. The predicted molar refractivity (Wildman–Crippen MR) is 94.1 cm³/mol. The number of amides is 1. The number of halogens is 1. The molecule has 0 radical (unpaired) electrons. The highest BCUT2D eigenvalue weighted by molar-refractivity contribution is 5.85. The molecule has 0 atom stereocenters. The zero-order chi connectivity index (χ0) is 16.0. The van der Waals surface area contributed by atoms with Crippen LogP contribution in [0.1, 0.15) is 39.5 Å². The number of hydrogen-bond donors (Lipinski definition) is 1. The molecular formula is C17H33ClN2O3. The number of rotatable bonds is 6. The average molecular weight is 349 g/mol. The lowest BCUT2D eigenvalue weighted by molar-refractivity contribution is -0.150. The van der Waals surface area contributed by atoms with E-state index in [0.29, 0.717) is 18.6 Å². The summed E-state index contributed by atoms with van der Waals surface area (Å²) < 4.78 is 11.3. The van der Waals surface area contributed by atoms with Crippen molar-refractivity contribution in [2.24, 2.45) is 11.3 Å². The molecule has 6 heteroatoms. The maximum Gasteiger partial charge on any atom is 0.231 e. The van der Waals surface area contributed by atoms with E-state index in [1.807, 2.05) is 4.90 Å². The van der Waals surface area contributed by atoms with Crippen molar-refractivity contribution in [2.45, 2.75) is 45.6 Å². The van der Waals surface area contributed by atoms with Crippen LogP contribution < -0.4 is 5.32 Å². The van der Waals surface area contributed by atoms with Crippen molar-refractivity contribution in [3.05, 3.63) is 0 Å². The van der Waals surface area contributed by atoms with E-state index >= 15 is 0 Å². The Kier molecular flexibility index (Phi) is 8.83. The van der Waals surface area contributed by atoms with Crippen molar-refractivity contribution in [2.75, 3.05) is 46.5 Å².